The van der Waals surface area contributed by atoms with Gasteiger partial charge in [0.15, 0.2) is 0 Å². The molecule has 1 aliphatic rings. The molecule has 1 aromatic heterocycles. The van der Waals surface area contributed by atoms with Gasteiger partial charge in [0, 0.05) is 18.6 Å². The van der Waals surface area contributed by atoms with Gasteiger partial charge in [-0.3, -0.25) is 0 Å². The Bertz CT molecular complexity index is 305. The van der Waals surface area contributed by atoms with Crippen molar-refractivity contribution in [3.63, 3.8) is 0 Å². The molecule has 3 heteroatoms. The van der Waals surface area contributed by atoms with E-state index in [0.29, 0.717) is 6.04 Å². The van der Waals surface area contributed by atoms with E-state index in [1.165, 1.54) is 17.8 Å². The Kier molecular flexibility index (Phi) is 3.03. The van der Waals surface area contributed by atoms with Gasteiger partial charge >= 0.3 is 0 Å². The summed E-state index contributed by atoms with van der Waals surface area (Å²) in [4.78, 5) is 2.44. The Hall–Kier alpha value is -0.540. The summed E-state index contributed by atoms with van der Waals surface area (Å²) in [5.41, 5.74) is 0.286. The first-order chi connectivity index (χ1) is 7.08. The van der Waals surface area contributed by atoms with Crippen molar-refractivity contribution in [2.24, 2.45) is 0 Å². The molecule has 0 aromatic carbocycles. The Balaban J connectivity index is 2.04. The third-order valence-electron chi connectivity index (χ3n) is 3.23. The van der Waals surface area contributed by atoms with E-state index in [4.69, 9.17) is 0 Å². The molecular weight excluding hydrogens is 204 g/mol. The molecule has 0 radical (unpaired) electrons. The minimum atomic E-state index is 0.286. The predicted octanol–water partition coefficient (Wildman–Crippen LogP) is 2.71. The average molecular weight is 224 g/mol. The number of thiophene rings is 1. The molecule has 2 rings (SSSR count). The Morgan fingerprint density at radius 2 is 2.33 bits per heavy atom. The van der Waals surface area contributed by atoms with E-state index in [-0.39, 0.29) is 5.54 Å². The zero-order chi connectivity index (χ0) is 10.9. The van der Waals surface area contributed by atoms with Gasteiger partial charge in [-0.1, -0.05) is 0 Å². The first-order valence-electron chi connectivity index (χ1n) is 5.60. The summed E-state index contributed by atoms with van der Waals surface area (Å²) in [6, 6.07) is 5.02. The fourth-order valence-corrected chi connectivity index (χ4v) is 3.09. The molecule has 15 heavy (non-hydrogen) atoms. The number of nitrogens with zero attached hydrogens (tertiary/aromatic N) is 1. The second-order valence-corrected chi connectivity index (χ2v) is 5.95. The fourth-order valence-electron chi connectivity index (χ4n) is 2.32. The zero-order valence-corrected chi connectivity index (χ0v) is 10.6. The van der Waals surface area contributed by atoms with E-state index in [9.17, 15) is 0 Å². The number of hydrogen-bond acceptors (Lipinski definition) is 3. The zero-order valence-electron chi connectivity index (χ0n) is 9.79. The molecule has 1 aliphatic heterocycles. The van der Waals surface area contributed by atoms with Crippen molar-refractivity contribution in [3.05, 3.63) is 17.5 Å². The van der Waals surface area contributed by atoms with Gasteiger partial charge in [-0.15, -0.1) is 11.3 Å². The number of rotatable bonds is 2. The maximum Gasteiger partial charge on any atom is 0.0908 e. The minimum absolute atomic E-state index is 0.286. The molecule has 2 nitrogen and oxygen atoms in total. The fraction of sp³-hybridized carbons (Fsp3) is 0.667. The third kappa shape index (κ3) is 2.52. The van der Waals surface area contributed by atoms with Crippen molar-refractivity contribution in [1.29, 1.82) is 0 Å². The molecule has 1 saturated heterocycles. The lowest BCUT2D eigenvalue weighted by molar-refractivity contribution is 0.272. The van der Waals surface area contributed by atoms with Crippen molar-refractivity contribution in [3.8, 4) is 0 Å². The lowest BCUT2D eigenvalue weighted by Crippen LogP contribution is -2.52. The van der Waals surface area contributed by atoms with Crippen LogP contribution in [0.25, 0.3) is 0 Å². The van der Waals surface area contributed by atoms with E-state index < -0.39 is 0 Å². The smallest absolute Gasteiger partial charge is 0.0908 e. The van der Waals surface area contributed by atoms with Crippen LogP contribution in [0.4, 0.5) is 5.00 Å². The van der Waals surface area contributed by atoms with Gasteiger partial charge in [-0.05, 0) is 50.7 Å². The summed E-state index contributed by atoms with van der Waals surface area (Å²) in [7, 11) is 2.22. The third-order valence-corrected chi connectivity index (χ3v) is 4.19. The number of piperidine rings is 1. The lowest BCUT2D eigenvalue weighted by Gasteiger charge is -2.41. The summed E-state index contributed by atoms with van der Waals surface area (Å²) in [6.07, 6.45) is 2.47. The van der Waals surface area contributed by atoms with Crippen LogP contribution in [0.1, 0.15) is 26.7 Å². The highest BCUT2D eigenvalue weighted by atomic mass is 32.1. The normalized spacial score (nSPS) is 25.1. The Morgan fingerprint density at radius 1 is 1.53 bits per heavy atom. The molecule has 0 bridgehead atoms. The maximum absolute atomic E-state index is 3.57. The van der Waals surface area contributed by atoms with Crippen LogP contribution >= 0.6 is 11.3 Å². The summed E-state index contributed by atoms with van der Waals surface area (Å²) in [5, 5.41) is 7.10. The van der Waals surface area contributed by atoms with Crippen LogP contribution in [-0.2, 0) is 0 Å². The molecule has 0 amide bonds. The molecule has 1 fully saturated rings. The topological polar surface area (TPSA) is 15.3 Å². The van der Waals surface area contributed by atoms with Gasteiger partial charge in [0.2, 0.25) is 0 Å². The average Bonchev–Trinajstić information content (AvgIpc) is 2.67. The molecule has 1 atom stereocenters. The highest BCUT2D eigenvalue weighted by Crippen LogP contribution is 2.28. The van der Waals surface area contributed by atoms with Gasteiger partial charge in [-0.25, -0.2) is 0 Å². The van der Waals surface area contributed by atoms with Crippen molar-refractivity contribution in [2.45, 2.75) is 38.3 Å². The monoisotopic (exact) mass is 224 g/mol. The summed E-state index contributed by atoms with van der Waals surface area (Å²) in [6.45, 7) is 5.72. The molecule has 1 aromatic rings. The van der Waals surface area contributed by atoms with Crippen LogP contribution in [-0.4, -0.2) is 25.2 Å². The van der Waals surface area contributed by atoms with Crippen LogP contribution < -0.4 is 10.2 Å². The Labute approximate surface area is 96.3 Å². The minimum Gasteiger partial charge on any atom is -0.363 e. The van der Waals surface area contributed by atoms with Crippen molar-refractivity contribution in [1.82, 2.24) is 5.32 Å². The summed E-state index contributed by atoms with van der Waals surface area (Å²) in [5.74, 6) is 0. The maximum atomic E-state index is 3.57. The molecular formula is C12H20N2S. The predicted molar refractivity (Wildman–Crippen MR) is 67.8 cm³/mol. The van der Waals surface area contributed by atoms with Crippen molar-refractivity contribution in [2.75, 3.05) is 18.5 Å². The van der Waals surface area contributed by atoms with Crippen molar-refractivity contribution < 1.29 is 0 Å². The highest BCUT2D eigenvalue weighted by molar-refractivity contribution is 7.14. The van der Waals surface area contributed by atoms with E-state index in [0.717, 1.165) is 6.54 Å². The molecule has 0 spiro atoms. The van der Waals surface area contributed by atoms with E-state index >= 15 is 0 Å². The molecule has 0 saturated carbocycles. The van der Waals surface area contributed by atoms with Crippen molar-refractivity contribution >= 4 is 16.3 Å². The first kappa shape index (κ1) is 11.0. The van der Waals surface area contributed by atoms with Gasteiger partial charge in [0.05, 0.1) is 5.00 Å². The van der Waals surface area contributed by atoms with Crippen LogP contribution in [0.3, 0.4) is 0 Å². The molecule has 1 N–H and O–H groups in total. The quantitative estimate of drug-likeness (QED) is 0.831. The van der Waals surface area contributed by atoms with Gasteiger partial charge in [0.1, 0.15) is 0 Å². The Morgan fingerprint density at radius 3 is 2.93 bits per heavy atom. The largest absolute Gasteiger partial charge is 0.363 e. The number of hydrogen-bond donors (Lipinski definition) is 1. The van der Waals surface area contributed by atoms with E-state index in [1.54, 1.807) is 0 Å². The molecule has 2 heterocycles. The lowest BCUT2D eigenvalue weighted by atomic mass is 9.89. The van der Waals surface area contributed by atoms with Crippen LogP contribution in [0.2, 0.25) is 0 Å². The molecule has 1 unspecified atom stereocenters. The van der Waals surface area contributed by atoms with Crippen LogP contribution in [0.15, 0.2) is 17.5 Å². The summed E-state index contributed by atoms with van der Waals surface area (Å²) < 4.78 is 0. The standard InChI is InChI=1S/C12H20N2S/c1-12(2)9-10(6-7-13-12)14(3)11-5-4-8-15-11/h4-5,8,10,13H,6-7,9H2,1-3H3. The number of anilines is 1. The van der Waals surface area contributed by atoms with Gasteiger partial charge < -0.3 is 10.2 Å². The second-order valence-electron chi connectivity index (χ2n) is 5.02. The first-order valence-corrected chi connectivity index (χ1v) is 6.48. The second kappa shape index (κ2) is 4.14. The van der Waals surface area contributed by atoms with Crippen LogP contribution in [0, 0.1) is 0 Å². The molecule has 84 valence electrons. The van der Waals surface area contributed by atoms with E-state index in [1.807, 2.05) is 11.3 Å². The number of nitrogens with one attached hydrogen (secondary N) is 1. The SMILES string of the molecule is CN(c1cccs1)C1CCNC(C)(C)C1. The van der Waals surface area contributed by atoms with Crippen LogP contribution in [0.5, 0.6) is 0 Å². The van der Waals surface area contributed by atoms with Gasteiger partial charge in [-0.2, -0.15) is 0 Å². The van der Waals surface area contributed by atoms with Gasteiger partial charge in [0.25, 0.3) is 0 Å². The van der Waals surface area contributed by atoms with E-state index in [2.05, 4.69) is 48.6 Å². The highest BCUT2D eigenvalue weighted by Gasteiger charge is 2.29. The molecule has 0 aliphatic carbocycles. The summed E-state index contributed by atoms with van der Waals surface area (Å²) >= 11 is 1.83.